The molecule has 2 saturated heterocycles. The Labute approximate surface area is 215 Å². The molecule has 0 amide bonds. The zero-order valence-corrected chi connectivity index (χ0v) is 23.6. The summed E-state index contributed by atoms with van der Waals surface area (Å²) in [6.45, 7) is 14.0. The van der Waals surface area contributed by atoms with E-state index >= 15 is 0 Å². The Morgan fingerprint density at radius 2 is 1.17 bits per heavy atom. The molecule has 0 radical (unpaired) electrons. The van der Waals surface area contributed by atoms with Gasteiger partial charge in [0.2, 0.25) is 0 Å². The van der Waals surface area contributed by atoms with E-state index in [4.69, 9.17) is 23.7 Å². The molecule has 0 aliphatic carbocycles. The number of unbranched alkanes of at least 4 members (excludes halogenated alkanes) is 3. The van der Waals surface area contributed by atoms with Crippen molar-refractivity contribution in [3.05, 3.63) is 0 Å². The highest BCUT2D eigenvalue weighted by molar-refractivity contribution is 4.90. The number of rotatable bonds is 19. The summed E-state index contributed by atoms with van der Waals surface area (Å²) >= 11 is 0. The van der Waals surface area contributed by atoms with Gasteiger partial charge < -0.3 is 28.8 Å². The highest BCUT2D eigenvalue weighted by atomic mass is 16.7. The summed E-state index contributed by atoms with van der Waals surface area (Å²) < 4.78 is 31.6. The van der Waals surface area contributed by atoms with Crippen LogP contribution in [0.25, 0.3) is 0 Å². The van der Waals surface area contributed by atoms with Crippen LogP contribution in [0.5, 0.6) is 0 Å². The molecule has 0 aromatic heterocycles. The zero-order chi connectivity index (χ0) is 25.6. The van der Waals surface area contributed by atoms with Crippen LogP contribution in [0.4, 0.5) is 0 Å². The molecule has 1 N–H and O–H groups in total. The third kappa shape index (κ3) is 9.54. The van der Waals surface area contributed by atoms with E-state index in [9.17, 15) is 5.11 Å². The Balaban J connectivity index is 2.09. The molecule has 9 unspecified atom stereocenters. The summed E-state index contributed by atoms with van der Waals surface area (Å²) in [6, 6.07) is 0. The van der Waals surface area contributed by atoms with Gasteiger partial charge in [0.05, 0.1) is 19.3 Å². The lowest BCUT2D eigenvalue weighted by molar-refractivity contribution is -0.185. The lowest BCUT2D eigenvalue weighted by Crippen LogP contribution is -2.50. The summed E-state index contributed by atoms with van der Waals surface area (Å²) in [7, 11) is 0. The molecule has 2 aliphatic heterocycles. The van der Waals surface area contributed by atoms with Gasteiger partial charge in [-0.05, 0) is 38.5 Å². The van der Waals surface area contributed by atoms with Gasteiger partial charge in [-0.2, -0.15) is 0 Å². The van der Waals surface area contributed by atoms with E-state index < -0.39 is 18.3 Å². The van der Waals surface area contributed by atoms with Crippen molar-refractivity contribution in [3.63, 3.8) is 0 Å². The van der Waals surface area contributed by atoms with Crippen molar-refractivity contribution in [3.8, 4) is 0 Å². The van der Waals surface area contributed by atoms with Crippen molar-refractivity contribution in [1.82, 2.24) is 0 Å². The van der Waals surface area contributed by atoms with E-state index in [-0.39, 0.29) is 24.8 Å². The molecule has 0 spiro atoms. The topological polar surface area (TPSA) is 66.4 Å². The smallest absolute Gasteiger partial charge is 0.161 e. The van der Waals surface area contributed by atoms with E-state index in [0.717, 1.165) is 51.4 Å². The fourth-order valence-corrected chi connectivity index (χ4v) is 5.35. The Bertz CT molecular complexity index is 531. The first-order valence-electron chi connectivity index (χ1n) is 14.9. The number of hydrogen-bond donors (Lipinski definition) is 1. The SMILES string of the molecule is CCCCC(CC)OC(C1COC(C(CC)CCCC)O1)C(O)C1COC(C(CC)CCCC)O1. The quantitative estimate of drug-likeness (QED) is 0.215. The second-order valence-electron chi connectivity index (χ2n) is 10.6. The van der Waals surface area contributed by atoms with Crippen LogP contribution < -0.4 is 0 Å². The average Bonchev–Trinajstić information content (AvgIpc) is 3.56. The summed E-state index contributed by atoms with van der Waals surface area (Å²) in [5, 5.41) is 11.5. The predicted molar refractivity (Wildman–Crippen MR) is 140 cm³/mol. The standard InChI is InChI=1S/C29H56O6/c1-7-13-16-21(10-4)28-31-19-24(34-28)26(30)27(33-23(12-6)18-15-9-3)25-20-32-29(35-25)22(11-5)17-14-8-2/h21-30H,7-20H2,1-6H3. The maximum atomic E-state index is 11.5. The van der Waals surface area contributed by atoms with Gasteiger partial charge in [0.15, 0.2) is 12.6 Å². The molecule has 6 heteroatoms. The molecule has 2 aliphatic rings. The van der Waals surface area contributed by atoms with Gasteiger partial charge >= 0.3 is 0 Å². The maximum absolute atomic E-state index is 11.5. The van der Waals surface area contributed by atoms with Crippen molar-refractivity contribution >= 4 is 0 Å². The minimum Gasteiger partial charge on any atom is -0.387 e. The van der Waals surface area contributed by atoms with Crippen LogP contribution in [-0.2, 0) is 23.7 Å². The number of hydrogen-bond acceptors (Lipinski definition) is 6. The van der Waals surface area contributed by atoms with Gasteiger partial charge in [-0.3, -0.25) is 0 Å². The summed E-state index contributed by atoms with van der Waals surface area (Å²) in [5.41, 5.74) is 0. The summed E-state index contributed by atoms with van der Waals surface area (Å²) in [6.07, 6.45) is 10.6. The largest absolute Gasteiger partial charge is 0.387 e. The molecular weight excluding hydrogens is 444 g/mol. The molecular formula is C29H56O6. The van der Waals surface area contributed by atoms with Crippen molar-refractivity contribution < 1.29 is 28.8 Å². The van der Waals surface area contributed by atoms with Crippen molar-refractivity contribution in [2.24, 2.45) is 11.8 Å². The Kier molecular flexibility index (Phi) is 15.3. The van der Waals surface area contributed by atoms with Crippen LogP contribution in [0.2, 0.25) is 0 Å². The first kappa shape index (κ1) is 31.0. The maximum Gasteiger partial charge on any atom is 0.161 e. The van der Waals surface area contributed by atoms with Crippen LogP contribution in [0, 0.1) is 11.8 Å². The van der Waals surface area contributed by atoms with E-state index in [1.54, 1.807) is 0 Å². The lowest BCUT2D eigenvalue weighted by atomic mass is 9.98. The molecule has 9 atom stereocenters. The third-order valence-corrected chi connectivity index (χ3v) is 7.91. The zero-order valence-electron chi connectivity index (χ0n) is 23.6. The summed E-state index contributed by atoms with van der Waals surface area (Å²) in [5.74, 6) is 0.734. The Morgan fingerprint density at radius 1 is 0.686 bits per heavy atom. The minimum absolute atomic E-state index is 0.0883. The summed E-state index contributed by atoms with van der Waals surface area (Å²) in [4.78, 5) is 0. The van der Waals surface area contributed by atoms with Gasteiger partial charge in [0.25, 0.3) is 0 Å². The highest BCUT2D eigenvalue weighted by Crippen LogP contribution is 2.33. The number of ether oxygens (including phenoxy) is 5. The van der Waals surface area contributed by atoms with Crippen molar-refractivity contribution in [2.45, 2.75) is 162 Å². The van der Waals surface area contributed by atoms with Gasteiger partial charge in [-0.25, -0.2) is 0 Å². The van der Waals surface area contributed by atoms with Gasteiger partial charge in [-0.1, -0.05) is 80.1 Å². The number of aliphatic hydroxyl groups is 1. The molecule has 35 heavy (non-hydrogen) atoms. The first-order valence-corrected chi connectivity index (χ1v) is 14.9. The van der Waals surface area contributed by atoms with Crippen molar-refractivity contribution in [1.29, 1.82) is 0 Å². The minimum atomic E-state index is -0.817. The lowest BCUT2D eigenvalue weighted by Gasteiger charge is -2.33. The Hall–Kier alpha value is -0.240. The van der Waals surface area contributed by atoms with Gasteiger partial charge in [0.1, 0.15) is 24.4 Å². The van der Waals surface area contributed by atoms with E-state index in [0.29, 0.717) is 25.0 Å². The predicted octanol–water partition coefficient (Wildman–Crippen LogP) is 6.62. The van der Waals surface area contributed by atoms with Crippen LogP contribution in [0.3, 0.4) is 0 Å². The molecule has 208 valence electrons. The highest BCUT2D eigenvalue weighted by Gasteiger charge is 2.46. The number of aliphatic hydroxyl groups excluding tert-OH is 1. The third-order valence-electron chi connectivity index (χ3n) is 7.91. The molecule has 2 fully saturated rings. The van der Waals surface area contributed by atoms with E-state index in [1.807, 2.05) is 0 Å². The van der Waals surface area contributed by atoms with Crippen molar-refractivity contribution in [2.75, 3.05) is 13.2 Å². The second kappa shape index (κ2) is 17.3. The molecule has 0 bridgehead atoms. The van der Waals surface area contributed by atoms with Gasteiger partial charge in [-0.15, -0.1) is 0 Å². The first-order chi connectivity index (χ1) is 17.0. The molecule has 0 saturated carbocycles. The van der Waals surface area contributed by atoms with Gasteiger partial charge in [0, 0.05) is 11.8 Å². The molecule has 2 heterocycles. The second-order valence-corrected chi connectivity index (χ2v) is 10.6. The fraction of sp³-hybridized carbons (Fsp3) is 1.00. The monoisotopic (exact) mass is 500 g/mol. The molecule has 0 aromatic rings. The Morgan fingerprint density at radius 3 is 1.66 bits per heavy atom. The molecule has 2 rings (SSSR count). The van der Waals surface area contributed by atoms with Crippen LogP contribution in [-0.4, -0.2) is 61.4 Å². The molecule has 0 aromatic carbocycles. The van der Waals surface area contributed by atoms with Crippen LogP contribution >= 0.6 is 0 Å². The fourth-order valence-electron chi connectivity index (χ4n) is 5.35. The van der Waals surface area contributed by atoms with Crippen LogP contribution in [0.15, 0.2) is 0 Å². The average molecular weight is 501 g/mol. The van der Waals surface area contributed by atoms with E-state index in [2.05, 4.69) is 41.5 Å². The van der Waals surface area contributed by atoms with E-state index in [1.165, 1.54) is 25.7 Å². The van der Waals surface area contributed by atoms with Crippen LogP contribution in [0.1, 0.15) is 119 Å². The normalized spacial score (nSPS) is 29.2. The molecule has 6 nitrogen and oxygen atoms in total.